The highest BCUT2D eigenvalue weighted by Gasteiger charge is 2.38. The van der Waals surface area contributed by atoms with Gasteiger partial charge >= 0.3 is 6.09 Å². The van der Waals surface area contributed by atoms with Crippen LogP contribution >= 0.6 is 0 Å². The van der Waals surface area contributed by atoms with Crippen molar-refractivity contribution in [3.63, 3.8) is 0 Å². The molecule has 3 amide bonds. The fraction of sp³-hybridized carbons (Fsp3) is 0.625. The Morgan fingerprint density at radius 3 is 2.09 bits per heavy atom. The van der Waals surface area contributed by atoms with Gasteiger partial charge in [-0.05, 0) is 73.4 Å². The van der Waals surface area contributed by atoms with Gasteiger partial charge in [-0.1, -0.05) is 23.8 Å². The van der Waals surface area contributed by atoms with Gasteiger partial charge in [0.2, 0.25) is 11.8 Å². The molecule has 0 aliphatic carbocycles. The fourth-order valence-corrected chi connectivity index (χ4v) is 3.41. The topological polar surface area (TPSA) is 108 Å². The van der Waals surface area contributed by atoms with E-state index >= 15 is 0 Å². The van der Waals surface area contributed by atoms with Crippen LogP contribution < -0.4 is 10.6 Å². The molecule has 1 rings (SSSR count). The SMILES string of the molecule is Cc1ccc(C(C(=O)NC(C)C)N(C(=O)C(CO)NC(=O)OC(C)(C)C)C(C)C)c(C)c1. The van der Waals surface area contributed by atoms with E-state index in [0.29, 0.717) is 5.56 Å². The van der Waals surface area contributed by atoms with E-state index in [-0.39, 0.29) is 18.0 Å². The third-order valence-electron chi connectivity index (χ3n) is 4.66. The molecule has 0 aliphatic rings. The van der Waals surface area contributed by atoms with Crippen molar-refractivity contribution in [3.05, 3.63) is 34.9 Å². The van der Waals surface area contributed by atoms with Crippen LogP contribution in [0.15, 0.2) is 18.2 Å². The van der Waals surface area contributed by atoms with Gasteiger partial charge in [0.05, 0.1) is 6.61 Å². The van der Waals surface area contributed by atoms with Gasteiger partial charge in [-0.2, -0.15) is 0 Å². The number of amides is 3. The summed E-state index contributed by atoms with van der Waals surface area (Å²) in [7, 11) is 0. The molecule has 0 bridgehead atoms. The van der Waals surface area contributed by atoms with Gasteiger partial charge in [-0.25, -0.2) is 4.79 Å². The van der Waals surface area contributed by atoms with E-state index in [0.717, 1.165) is 11.1 Å². The Kier molecular flexibility index (Phi) is 9.70. The molecule has 2 unspecified atom stereocenters. The van der Waals surface area contributed by atoms with Crippen molar-refractivity contribution in [2.45, 2.75) is 92.1 Å². The molecule has 1 aromatic rings. The van der Waals surface area contributed by atoms with Gasteiger partial charge in [0.1, 0.15) is 17.7 Å². The van der Waals surface area contributed by atoms with Crippen molar-refractivity contribution in [1.82, 2.24) is 15.5 Å². The number of hydrogen-bond donors (Lipinski definition) is 3. The quantitative estimate of drug-likeness (QED) is 0.565. The highest BCUT2D eigenvalue weighted by molar-refractivity contribution is 5.92. The summed E-state index contributed by atoms with van der Waals surface area (Å²) in [5.41, 5.74) is 1.83. The molecule has 0 heterocycles. The van der Waals surface area contributed by atoms with E-state index in [9.17, 15) is 19.5 Å². The lowest BCUT2D eigenvalue weighted by Crippen LogP contribution is -2.56. The fourth-order valence-electron chi connectivity index (χ4n) is 3.41. The second-order valence-corrected chi connectivity index (χ2v) is 9.65. The number of ether oxygens (including phenoxy) is 1. The van der Waals surface area contributed by atoms with Crippen molar-refractivity contribution >= 4 is 17.9 Å². The Morgan fingerprint density at radius 2 is 1.66 bits per heavy atom. The first-order valence-electron chi connectivity index (χ1n) is 11.0. The molecule has 8 heteroatoms. The predicted molar refractivity (Wildman–Crippen MR) is 124 cm³/mol. The van der Waals surface area contributed by atoms with Crippen molar-refractivity contribution in [3.8, 4) is 0 Å². The normalized spacial score (nSPS) is 13.5. The highest BCUT2D eigenvalue weighted by atomic mass is 16.6. The minimum absolute atomic E-state index is 0.131. The van der Waals surface area contributed by atoms with Crippen molar-refractivity contribution in [2.75, 3.05) is 6.61 Å². The zero-order valence-electron chi connectivity index (χ0n) is 20.8. The predicted octanol–water partition coefficient (Wildman–Crippen LogP) is 2.99. The summed E-state index contributed by atoms with van der Waals surface area (Å²) < 4.78 is 5.23. The third-order valence-corrected chi connectivity index (χ3v) is 4.66. The minimum atomic E-state index is -1.26. The summed E-state index contributed by atoms with van der Waals surface area (Å²) in [5, 5.41) is 15.2. The molecule has 0 radical (unpaired) electrons. The molecular weight excluding hydrogens is 410 g/mol. The van der Waals surface area contributed by atoms with Crippen LogP contribution in [-0.4, -0.2) is 58.2 Å². The summed E-state index contributed by atoms with van der Waals surface area (Å²) in [4.78, 5) is 40.5. The van der Waals surface area contributed by atoms with E-state index in [2.05, 4.69) is 10.6 Å². The minimum Gasteiger partial charge on any atom is -0.444 e. The maximum Gasteiger partial charge on any atom is 0.408 e. The maximum atomic E-state index is 13.5. The van der Waals surface area contributed by atoms with Gasteiger partial charge in [0.15, 0.2) is 0 Å². The van der Waals surface area contributed by atoms with Crippen LogP contribution in [0.4, 0.5) is 4.79 Å². The Morgan fingerprint density at radius 1 is 1.06 bits per heavy atom. The molecule has 0 aliphatic heterocycles. The zero-order valence-corrected chi connectivity index (χ0v) is 20.8. The van der Waals surface area contributed by atoms with E-state index in [1.807, 2.05) is 45.9 Å². The van der Waals surface area contributed by atoms with Crippen LogP contribution in [0.1, 0.15) is 71.2 Å². The third kappa shape index (κ3) is 7.82. The number of nitrogens with zero attached hydrogens (tertiary/aromatic N) is 1. The molecule has 180 valence electrons. The van der Waals surface area contributed by atoms with Crippen molar-refractivity contribution in [1.29, 1.82) is 0 Å². The average Bonchev–Trinajstić information content (AvgIpc) is 2.61. The lowest BCUT2D eigenvalue weighted by Gasteiger charge is -2.37. The number of carbonyl (C=O) groups excluding carboxylic acids is 3. The number of aliphatic hydroxyl groups is 1. The number of hydrogen-bond acceptors (Lipinski definition) is 5. The number of benzene rings is 1. The number of nitrogens with one attached hydrogen (secondary N) is 2. The molecule has 0 aromatic heterocycles. The van der Waals surface area contributed by atoms with Crippen LogP contribution in [-0.2, 0) is 14.3 Å². The maximum absolute atomic E-state index is 13.5. The lowest BCUT2D eigenvalue weighted by molar-refractivity contribution is -0.145. The zero-order chi connectivity index (χ0) is 24.8. The van der Waals surface area contributed by atoms with E-state index < -0.39 is 36.3 Å². The van der Waals surface area contributed by atoms with Crippen LogP contribution in [0.3, 0.4) is 0 Å². The molecule has 0 fully saturated rings. The van der Waals surface area contributed by atoms with Gasteiger partial charge in [0.25, 0.3) is 0 Å². The number of carbonyl (C=O) groups is 3. The molecular formula is C24H39N3O5. The Bertz CT molecular complexity index is 814. The Balaban J connectivity index is 3.41. The molecule has 0 saturated heterocycles. The van der Waals surface area contributed by atoms with Crippen molar-refractivity contribution in [2.24, 2.45) is 0 Å². The van der Waals surface area contributed by atoms with Crippen LogP contribution in [0.25, 0.3) is 0 Å². The average molecular weight is 450 g/mol. The Hall–Kier alpha value is -2.61. The lowest BCUT2D eigenvalue weighted by atomic mass is 9.95. The second-order valence-electron chi connectivity index (χ2n) is 9.65. The number of alkyl carbamates (subject to hydrolysis) is 1. The Labute approximate surface area is 191 Å². The molecule has 32 heavy (non-hydrogen) atoms. The first kappa shape index (κ1) is 27.4. The highest BCUT2D eigenvalue weighted by Crippen LogP contribution is 2.28. The second kappa shape index (κ2) is 11.3. The monoisotopic (exact) mass is 449 g/mol. The van der Waals surface area contributed by atoms with E-state index in [1.54, 1.807) is 34.6 Å². The van der Waals surface area contributed by atoms with Crippen LogP contribution in [0.5, 0.6) is 0 Å². The van der Waals surface area contributed by atoms with Crippen LogP contribution in [0, 0.1) is 13.8 Å². The van der Waals surface area contributed by atoms with E-state index in [1.165, 1.54) is 4.90 Å². The summed E-state index contributed by atoms with van der Waals surface area (Å²) in [6.45, 7) is 15.6. The summed E-state index contributed by atoms with van der Waals surface area (Å²) >= 11 is 0. The number of aryl methyl sites for hydroxylation is 2. The summed E-state index contributed by atoms with van der Waals surface area (Å²) in [5.74, 6) is -0.903. The number of aliphatic hydroxyl groups excluding tert-OH is 1. The standard InChI is InChI=1S/C24H39N3O5/c1-14(2)25-21(29)20(18-11-10-16(5)12-17(18)6)27(15(3)4)22(30)19(13-28)26-23(31)32-24(7,8)9/h10-12,14-15,19-20,28H,13H2,1-9H3,(H,25,29)(H,26,31). The molecule has 0 spiro atoms. The van der Waals surface area contributed by atoms with Gasteiger partial charge in [-0.15, -0.1) is 0 Å². The molecule has 3 N–H and O–H groups in total. The van der Waals surface area contributed by atoms with Crippen molar-refractivity contribution < 1.29 is 24.2 Å². The largest absolute Gasteiger partial charge is 0.444 e. The summed E-state index contributed by atoms with van der Waals surface area (Å²) in [6, 6.07) is 2.98. The molecule has 8 nitrogen and oxygen atoms in total. The number of rotatable bonds is 8. The van der Waals surface area contributed by atoms with Gasteiger partial charge < -0.3 is 25.4 Å². The van der Waals surface area contributed by atoms with E-state index in [4.69, 9.17) is 4.74 Å². The molecule has 2 atom stereocenters. The van der Waals surface area contributed by atoms with Crippen LogP contribution in [0.2, 0.25) is 0 Å². The first-order chi connectivity index (χ1) is 14.7. The smallest absolute Gasteiger partial charge is 0.408 e. The first-order valence-corrected chi connectivity index (χ1v) is 11.0. The molecule has 0 saturated carbocycles. The molecule has 1 aromatic carbocycles. The van der Waals surface area contributed by atoms with Gasteiger partial charge in [-0.3, -0.25) is 9.59 Å². The summed E-state index contributed by atoms with van der Waals surface area (Å²) in [6.07, 6.45) is -0.816. The van der Waals surface area contributed by atoms with Gasteiger partial charge in [0, 0.05) is 12.1 Å².